The van der Waals surface area contributed by atoms with E-state index in [4.69, 9.17) is 4.74 Å². The number of hydrogen-bond acceptors (Lipinski definition) is 3. The monoisotopic (exact) mass is 267 g/mol. The number of aryl methyl sites for hydroxylation is 2. The second kappa shape index (κ2) is 6.18. The molecule has 2 heterocycles. The standard InChI is InChI=1S/C15H25NOS/c1-5-15-13(6-7-17-15)9-16-11(3)14-8-10(2)18-12(14)4/h8,11,13,15-16H,5-7,9H2,1-4H3. The van der Waals surface area contributed by atoms with Crippen LogP contribution in [0.1, 0.15) is 48.0 Å². The van der Waals surface area contributed by atoms with Gasteiger partial charge >= 0.3 is 0 Å². The molecule has 1 aromatic rings. The van der Waals surface area contributed by atoms with Crippen molar-refractivity contribution in [3.63, 3.8) is 0 Å². The summed E-state index contributed by atoms with van der Waals surface area (Å²) in [5, 5.41) is 3.69. The molecule has 0 radical (unpaired) electrons. The molecule has 1 aliphatic rings. The van der Waals surface area contributed by atoms with E-state index in [2.05, 4.69) is 39.1 Å². The van der Waals surface area contributed by atoms with Crippen LogP contribution in [0.3, 0.4) is 0 Å². The molecule has 1 saturated heterocycles. The van der Waals surface area contributed by atoms with Crippen molar-refractivity contribution in [1.29, 1.82) is 0 Å². The Labute approximate surface area is 115 Å². The first kappa shape index (κ1) is 14.0. The van der Waals surface area contributed by atoms with Crippen molar-refractivity contribution < 1.29 is 4.74 Å². The van der Waals surface area contributed by atoms with Crippen LogP contribution in [-0.2, 0) is 4.74 Å². The van der Waals surface area contributed by atoms with Crippen LogP contribution >= 0.6 is 11.3 Å². The quantitative estimate of drug-likeness (QED) is 0.875. The van der Waals surface area contributed by atoms with Crippen LogP contribution in [0.25, 0.3) is 0 Å². The van der Waals surface area contributed by atoms with Gasteiger partial charge in [-0.05, 0) is 51.2 Å². The molecule has 3 atom stereocenters. The highest BCUT2D eigenvalue weighted by Crippen LogP contribution is 2.27. The van der Waals surface area contributed by atoms with Gasteiger partial charge in [-0.25, -0.2) is 0 Å². The summed E-state index contributed by atoms with van der Waals surface area (Å²) in [6, 6.07) is 2.77. The molecule has 0 amide bonds. The molecule has 1 aliphatic heterocycles. The minimum Gasteiger partial charge on any atom is -0.378 e. The summed E-state index contributed by atoms with van der Waals surface area (Å²) >= 11 is 1.90. The second-order valence-electron chi connectivity index (χ2n) is 5.36. The highest BCUT2D eigenvalue weighted by molar-refractivity contribution is 7.12. The van der Waals surface area contributed by atoms with E-state index >= 15 is 0 Å². The third-order valence-corrected chi connectivity index (χ3v) is 4.96. The first-order valence-corrected chi connectivity index (χ1v) is 7.85. The smallest absolute Gasteiger partial charge is 0.0613 e. The Kier molecular flexibility index (Phi) is 4.82. The molecular weight excluding hydrogens is 242 g/mol. The van der Waals surface area contributed by atoms with Crippen LogP contribution < -0.4 is 5.32 Å². The molecule has 18 heavy (non-hydrogen) atoms. The predicted molar refractivity (Wildman–Crippen MR) is 78.3 cm³/mol. The van der Waals surface area contributed by atoms with Crippen molar-refractivity contribution in [1.82, 2.24) is 5.32 Å². The summed E-state index contributed by atoms with van der Waals surface area (Å²) in [5.74, 6) is 0.692. The molecule has 102 valence electrons. The van der Waals surface area contributed by atoms with Crippen molar-refractivity contribution in [2.24, 2.45) is 5.92 Å². The topological polar surface area (TPSA) is 21.3 Å². The Morgan fingerprint density at radius 2 is 2.28 bits per heavy atom. The van der Waals surface area contributed by atoms with Crippen molar-refractivity contribution >= 4 is 11.3 Å². The molecular formula is C15H25NOS. The number of thiophene rings is 1. The molecule has 1 N–H and O–H groups in total. The van der Waals surface area contributed by atoms with E-state index in [9.17, 15) is 0 Å². The molecule has 3 unspecified atom stereocenters. The Morgan fingerprint density at radius 1 is 1.50 bits per heavy atom. The van der Waals surface area contributed by atoms with Gasteiger partial charge in [0.05, 0.1) is 6.10 Å². The lowest BCUT2D eigenvalue weighted by Crippen LogP contribution is -2.30. The molecule has 0 saturated carbocycles. The predicted octanol–water partition coefficient (Wildman–Crippen LogP) is 3.83. The van der Waals surface area contributed by atoms with E-state index in [-0.39, 0.29) is 0 Å². The minimum atomic E-state index is 0.452. The van der Waals surface area contributed by atoms with Crippen molar-refractivity contribution in [3.05, 3.63) is 21.4 Å². The van der Waals surface area contributed by atoms with Crippen LogP contribution in [0.4, 0.5) is 0 Å². The zero-order valence-corrected chi connectivity index (χ0v) is 12.8. The van der Waals surface area contributed by atoms with Gasteiger partial charge in [0, 0.05) is 28.9 Å². The van der Waals surface area contributed by atoms with E-state index in [1.54, 1.807) is 0 Å². The minimum absolute atomic E-state index is 0.452. The maximum atomic E-state index is 5.74. The van der Waals surface area contributed by atoms with Gasteiger partial charge < -0.3 is 10.1 Å². The van der Waals surface area contributed by atoms with Crippen LogP contribution in [0.2, 0.25) is 0 Å². The second-order valence-corrected chi connectivity index (χ2v) is 6.83. The van der Waals surface area contributed by atoms with Gasteiger partial charge in [0.2, 0.25) is 0 Å². The molecule has 0 spiro atoms. The Hall–Kier alpha value is -0.380. The third kappa shape index (κ3) is 3.14. The van der Waals surface area contributed by atoms with Gasteiger partial charge in [0.15, 0.2) is 0 Å². The maximum absolute atomic E-state index is 5.74. The maximum Gasteiger partial charge on any atom is 0.0613 e. The molecule has 2 nitrogen and oxygen atoms in total. The molecule has 1 aromatic heterocycles. The number of rotatable bonds is 5. The molecule has 2 rings (SSSR count). The molecule has 0 bridgehead atoms. The van der Waals surface area contributed by atoms with Gasteiger partial charge in [-0.15, -0.1) is 11.3 Å². The van der Waals surface area contributed by atoms with Gasteiger partial charge in [0.1, 0.15) is 0 Å². The van der Waals surface area contributed by atoms with Crippen LogP contribution in [0.5, 0.6) is 0 Å². The summed E-state index contributed by atoms with van der Waals surface area (Å²) in [6.45, 7) is 10.9. The lowest BCUT2D eigenvalue weighted by molar-refractivity contribution is 0.0867. The zero-order valence-electron chi connectivity index (χ0n) is 12.0. The Morgan fingerprint density at radius 3 is 2.89 bits per heavy atom. The third-order valence-electron chi connectivity index (χ3n) is 3.98. The average Bonchev–Trinajstić information content (AvgIpc) is 2.92. The summed E-state index contributed by atoms with van der Waals surface area (Å²) in [7, 11) is 0. The van der Waals surface area contributed by atoms with Crippen molar-refractivity contribution in [2.45, 2.75) is 52.7 Å². The van der Waals surface area contributed by atoms with Gasteiger partial charge in [-0.2, -0.15) is 0 Å². The Bertz CT molecular complexity index is 388. The van der Waals surface area contributed by atoms with E-state index in [0.717, 1.165) is 19.6 Å². The number of ether oxygens (including phenoxy) is 1. The van der Waals surface area contributed by atoms with E-state index in [1.165, 1.54) is 21.7 Å². The Balaban J connectivity index is 1.88. The summed E-state index contributed by atoms with van der Waals surface area (Å²) < 4.78 is 5.74. The normalized spacial score (nSPS) is 25.6. The van der Waals surface area contributed by atoms with Crippen molar-refractivity contribution in [3.8, 4) is 0 Å². The van der Waals surface area contributed by atoms with Crippen LogP contribution in [0, 0.1) is 19.8 Å². The summed E-state index contributed by atoms with van der Waals surface area (Å²) in [6.07, 6.45) is 2.81. The van der Waals surface area contributed by atoms with Crippen molar-refractivity contribution in [2.75, 3.05) is 13.2 Å². The summed E-state index contributed by atoms with van der Waals surface area (Å²) in [5.41, 5.74) is 1.46. The van der Waals surface area contributed by atoms with Gasteiger partial charge in [-0.3, -0.25) is 0 Å². The SMILES string of the molecule is CCC1OCCC1CNC(C)c1cc(C)sc1C. The lowest BCUT2D eigenvalue weighted by atomic mass is 9.99. The van der Waals surface area contributed by atoms with Gasteiger partial charge in [-0.1, -0.05) is 6.92 Å². The molecule has 3 heteroatoms. The molecule has 0 aromatic carbocycles. The fourth-order valence-electron chi connectivity index (χ4n) is 2.90. The first-order chi connectivity index (χ1) is 8.61. The van der Waals surface area contributed by atoms with Crippen LogP contribution in [0.15, 0.2) is 6.07 Å². The van der Waals surface area contributed by atoms with E-state index < -0.39 is 0 Å². The number of hydrogen-bond donors (Lipinski definition) is 1. The lowest BCUT2D eigenvalue weighted by Gasteiger charge is -2.20. The average molecular weight is 267 g/mol. The zero-order chi connectivity index (χ0) is 13.1. The largest absolute Gasteiger partial charge is 0.378 e. The summed E-state index contributed by atoms with van der Waals surface area (Å²) in [4.78, 5) is 2.86. The fraction of sp³-hybridized carbons (Fsp3) is 0.733. The van der Waals surface area contributed by atoms with Gasteiger partial charge in [0.25, 0.3) is 0 Å². The fourth-order valence-corrected chi connectivity index (χ4v) is 3.92. The number of nitrogens with one attached hydrogen (secondary N) is 1. The first-order valence-electron chi connectivity index (χ1n) is 7.03. The van der Waals surface area contributed by atoms with E-state index in [0.29, 0.717) is 18.1 Å². The molecule has 1 fully saturated rings. The van der Waals surface area contributed by atoms with Crippen LogP contribution in [-0.4, -0.2) is 19.3 Å². The van der Waals surface area contributed by atoms with E-state index in [1.807, 2.05) is 11.3 Å². The molecule has 0 aliphatic carbocycles. The highest BCUT2D eigenvalue weighted by Gasteiger charge is 2.26. The highest BCUT2D eigenvalue weighted by atomic mass is 32.1.